The van der Waals surface area contributed by atoms with Crippen molar-refractivity contribution in [3.63, 3.8) is 0 Å². The number of nitrogens with zero attached hydrogens (tertiary/aromatic N) is 2. The number of hydrogen-bond donors (Lipinski definition) is 4. The molecular formula is C19H32Br2N4S2. The largest absolute Gasteiger partial charge is 1.00 e. The van der Waals surface area contributed by atoms with Crippen LogP contribution in [-0.4, -0.2) is 11.5 Å². The van der Waals surface area contributed by atoms with E-state index in [0.29, 0.717) is 13.1 Å². The quantitative estimate of drug-likeness (QED) is 0.149. The molecule has 27 heavy (non-hydrogen) atoms. The molecule has 0 saturated heterocycles. The van der Waals surface area contributed by atoms with Gasteiger partial charge in [0.05, 0.1) is 0 Å². The summed E-state index contributed by atoms with van der Waals surface area (Å²) in [6.45, 7) is 3.35. The monoisotopic (exact) mass is 538 g/mol. The van der Waals surface area contributed by atoms with Gasteiger partial charge in [0.25, 0.3) is 0 Å². The first-order valence-electron chi connectivity index (χ1n) is 8.81. The van der Waals surface area contributed by atoms with Gasteiger partial charge >= 0.3 is 0 Å². The van der Waals surface area contributed by atoms with Gasteiger partial charge in [0.15, 0.2) is 24.8 Å². The highest BCUT2D eigenvalue weighted by molar-refractivity contribution is 7.80. The Kier molecular flexibility index (Phi) is 20.7. The summed E-state index contributed by atoms with van der Waals surface area (Å²) < 4.78 is 4.33. The molecule has 2 heterocycles. The summed E-state index contributed by atoms with van der Waals surface area (Å²) in [6.07, 6.45) is 11.8. The molecule has 4 N–H and O–H groups in total. The predicted molar refractivity (Wildman–Crippen MR) is 111 cm³/mol. The molecule has 0 unspecified atom stereocenters. The van der Waals surface area contributed by atoms with E-state index in [1.54, 1.807) is 0 Å². The van der Waals surface area contributed by atoms with Gasteiger partial charge in [0, 0.05) is 50.2 Å². The lowest BCUT2D eigenvalue weighted by Gasteiger charge is -1.97. The molecule has 2 rings (SSSR count). The Morgan fingerprint density at radius 2 is 1.00 bits per heavy atom. The Balaban J connectivity index is 0. The molecule has 0 radical (unpaired) electrons. The fraction of sp³-hybridized carbons (Fsp3) is 0.474. The summed E-state index contributed by atoms with van der Waals surface area (Å²) in [4.78, 5) is 0. The summed E-state index contributed by atoms with van der Waals surface area (Å²) in [5, 5.41) is 0. The van der Waals surface area contributed by atoms with Gasteiger partial charge in [0.2, 0.25) is 0 Å². The fourth-order valence-electron chi connectivity index (χ4n) is 2.21. The maximum atomic E-state index is 5.50. The second-order valence-corrected chi connectivity index (χ2v) is 6.70. The van der Waals surface area contributed by atoms with Gasteiger partial charge in [-0.1, -0.05) is 0 Å². The van der Waals surface area contributed by atoms with Gasteiger partial charge < -0.3 is 45.4 Å². The van der Waals surface area contributed by atoms with Crippen LogP contribution in [0.1, 0.15) is 30.4 Å². The van der Waals surface area contributed by atoms with Crippen molar-refractivity contribution in [3.8, 4) is 0 Å². The summed E-state index contributed by atoms with van der Waals surface area (Å²) in [5.74, 6) is 1.91. The molecule has 0 atom stereocenters. The van der Waals surface area contributed by atoms with E-state index < -0.39 is 0 Å². The number of rotatable bonds is 9. The molecule has 0 fully saturated rings. The molecule has 8 heteroatoms. The Morgan fingerprint density at radius 1 is 0.630 bits per heavy atom. The summed E-state index contributed by atoms with van der Waals surface area (Å²) in [5.41, 5.74) is 13.3. The molecule has 0 aliphatic rings. The summed E-state index contributed by atoms with van der Waals surface area (Å²) in [7, 11) is 0. The van der Waals surface area contributed by atoms with Crippen LogP contribution in [0.5, 0.6) is 0 Å². The second kappa shape index (κ2) is 19.2. The highest BCUT2D eigenvalue weighted by Crippen LogP contribution is 1.95. The van der Waals surface area contributed by atoms with E-state index in [4.69, 9.17) is 11.5 Å². The minimum Gasteiger partial charge on any atom is -1.00 e. The Bertz CT molecular complexity index is 569. The summed E-state index contributed by atoms with van der Waals surface area (Å²) >= 11 is 8.33. The first-order chi connectivity index (χ1) is 12.2. The van der Waals surface area contributed by atoms with Crippen molar-refractivity contribution in [2.75, 3.05) is 11.5 Å². The van der Waals surface area contributed by atoms with E-state index in [-0.39, 0.29) is 34.0 Å². The first kappa shape index (κ1) is 29.1. The van der Waals surface area contributed by atoms with Crippen LogP contribution >= 0.6 is 25.3 Å². The third-order valence-corrected chi connectivity index (χ3v) is 4.42. The van der Waals surface area contributed by atoms with E-state index in [2.05, 4.69) is 83.4 Å². The number of pyridine rings is 2. The van der Waals surface area contributed by atoms with Crippen molar-refractivity contribution in [1.82, 2.24) is 0 Å². The number of thiol groups is 2. The Labute approximate surface area is 196 Å². The third kappa shape index (κ3) is 13.7. The fourth-order valence-corrected chi connectivity index (χ4v) is 2.57. The average molecular weight is 540 g/mol. The van der Waals surface area contributed by atoms with Gasteiger partial charge in [-0.2, -0.15) is 25.3 Å². The van der Waals surface area contributed by atoms with Crippen LogP contribution in [0.25, 0.3) is 0 Å². The van der Waals surface area contributed by atoms with Crippen LogP contribution in [0.3, 0.4) is 0 Å². The van der Waals surface area contributed by atoms with Crippen LogP contribution < -0.4 is 54.6 Å². The second-order valence-electron chi connectivity index (χ2n) is 5.80. The SMILES string of the molecule is NCc1cc[n+](CCCCS)cc1.NCc1cc[n+](CCCS)cc1.[Br-].[Br-]. The van der Waals surface area contributed by atoms with Crippen molar-refractivity contribution < 1.29 is 43.1 Å². The van der Waals surface area contributed by atoms with Crippen LogP contribution in [-0.2, 0) is 26.2 Å². The zero-order valence-corrected chi connectivity index (χ0v) is 20.6. The Hall–Kier alpha value is -0.120. The zero-order chi connectivity index (χ0) is 18.3. The van der Waals surface area contributed by atoms with Gasteiger partial charge in [0.1, 0.15) is 13.1 Å². The molecule has 2 aromatic heterocycles. The molecule has 0 amide bonds. The molecule has 154 valence electrons. The topological polar surface area (TPSA) is 59.8 Å². The molecule has 0 aromatic carbocycles. The van der Waals surface area contributed by atoms with E-state index in [1.165, 1.54) is 24.0 Å². The van der Waals surface area contributed by atoms with Crippen LogP contribution in [0.15, 0.2) is 49.1 Å². The van der Waals surface area contributed by atoms with Crippen molar-refractivity contribution in [2.24, 2.45) is 11.5 Å². The summed E-state index contributed by atoms with van der Waals surface area (Å²) in [6, 6.07) is 8.25. The molecule has 0 saturated carbocycles. The van der Waals surface area contributed by atoms with Crippen molar-refractivity contribution in [1.29, 1.82) is 0 Å². The molecule has 4 nitrogen and oxygen atoms in total. The van der Waals surface area contributed by atoms with Crippen molar-refractivity contribution in [3.05, 3.63) is 60.2 Å². The minimum absolute atomic E-state index is 0. The number of aryl methyl sites for hydroxylation is 2. The first-order valence-corrected chi connectivity index (χ1v) is 10.1. The van der Waals surface area contributed by atoms with Gasteiger partial charge in [-0.3, -0.25) is 0 Å². The predicted octanol–water partition coefficient (Wildman–Crippen LogP) is -4.10. The van der Waals surface area contributed by atoms with Crippen LogP contribution in [0.2, 0.25) is 0 Å². The van der Waals surface area contributed by atoms with Gasteiger partial charge in [-0.05, 0) is 29.1 Å². The van der Waals surface area contributed by atoms with Gasteiger partial charge in [-0.15, -0.1) is 0 Å². The van der Waals surface area contributed by atoms with E-state index in [9.17, 15) is 0 Å². The molecule has 2 aromatic rings. The third-order valence-electron chi connectivity index (χ3n) is 3.79. The van der Waals surface area contributed by atoms with Crippen LogP contribution in [0, 0.1) is 0 Å². The zero-order valence-electron chi connectivity index (χ0n) is 15.7. The lowest BCUT2D eigenvalue weighted by Crippen LogP contribution is -3.00. The lowest BCUT2D eigenvalue weighted by molar-refractivity contribution is -0.697. The maximum absolute atomic E-state index is 5.50. The standard InChI is InChI=1S/C10H16N2S.C9H14N2S.2BrH/c11-9-10-3-6-12(7-4-10)5-1-2-8-13;10-8-9-2-5-11(6-3-9)4-1-7-12;;/h3-4,6-7H,1-2,5,8-9,11H2;2-3,5-6H,1,4,7-8,10H2;2*1H. The van der Waals surface area contributed by atoms with Crippen molar-refractivity contribution in [2.45, 2.75) is 45.4 Å². The highest BCUT2D eigenvalue weighted by atomic mass is 79.9. The molecular weight excluding hydrogens is 508 g/mol. The number of hydrogen-bond acceptors (Lipinski definition) is 4. The minimum atomic E-state index is 0. The van der Waals surface area contributed by atoms with E-state index in [0.717, 1.165) is 31.0 Å². The number of unbranched alkanes of at least 4 members (excludes halogenated alkanes) is 1. The molecule has 0 aliphatic heterocycles. The number of nitrogens with two attached hydrogens (primary N) is 2. The van der Waals surface area contributed by atoms with Crippen LogP contribution in [0.4, 0.5) is 0 Å². The smallest absolute Gasteiger partial charge is 0.169 e. The lowest BCUT2D eigenvalue weighted by atomic mass is 10.2. The van der Waals surface area contributed by atoms with Crippen molar-refractivity contribution >= 4 is 25.3 Å². The van der Waals surface area contributed by atoms with E-state index >= 15 is 0 Å². The normalized spacial score (nSPS) is 9.48. The molecule has 0 spiro atoms. The maximum Gasteiger partial charge on any atom is 0.169 e. The molecule has 0 aliphatic carbocycles. The Morgan fingerprint density at radius 3 is 1.33 bits per heavy atom. The van der Waals surface area contributed by atoms with Gasteiger partial charge in [-0.25, -0.2) is 9.13 Å². The molecule has 0 bridgehead atoms. The average Bonchev–Trinajstić information content (AvgIpc) is 2.68. The number of aromatic nitrogens is 2. The van der Waals surface area contributed by atoms with E-state index in [1.807, 2.05) is 0 Å². The number of halogens is 2. The highest BCUT2D eigenvalue weighted by Gasteiger charge is 1.99.